The zero-order valence-corrected chi connectivity index (χ0v) is 16.4. The summed E-state index contributed by atoms with van der Waals surface area (Å²) in [5.41, 5.74) is 2.15. The molecule has 1 N–H and O–H groups in total. The Morgan fingerprint density at radius 2 is 1.89 bits per heavy atom. The number of nitrogens with zero attached hydrogens (tertiary/aromatic N) is 1. The molecule has 3 rings (SSSR count). The second kappa shape index (κ2) is 8.00. The van der Waals surface area contributed by atoms with Gasteiger partial charge in [0.1, 0.15) is 5.75 Å². The quantitative estimate of drug-likeness (QED) is 0.784. The van der Waals surface area contributed by atoms with E-state index < -0.39 is 10.0 Å². The molecule has 0 spiro atoms. The lowest BCUT2D eigenvalue weighted by atomic mass is 10.1. The third kappa shape index (κ3) is 4.42. The van der Waals surface area contributed by atoms with Gasteiger partial charge in [0, 0.05) is 24.3 Å². The van der Waals surface area contributed by atoms with Crippen LogP contribution in [0.25, 0.3) is 0 Å². The van der Waals surface area contributed by atoms with Crippen LogP contribution >= 0.6 is 0 Å². The molecule has 0 saturated carbocycles. The number of nitrogens with one attached hydrogen (secondary N) is 1. The monoisotopic (exact) mass is 388 g/mol. The molecule has 6 nitrogen and oxygen atoms in total. The molecule has 2 aromatic rings. The predicted molar refractivity (Wildman–Crippen MR) is 106 cm³/mol. The summed E-state index contributed by atoms with van der Waals surface area (Å²) < 4.78 is 33.3. The molecule has 0 radical (unpaired) electrons. The van der Waals surface area contributed by atoms with Gasteiger partial charge in [0.15, 0.2) is 0 Å². The van der Waals surface area contributed by atoms with Crippen LogP contribution in [0, 0.1) is 6.92 Å². The number of amides is 1. The van der Waals surface area contributed by atoms with Crippen LogP contribution in [0.4, 0.5) is 11.4 Å². The lowest BCUT2D eigenvalue weighted by molar-refractivity contribution is -0.117. The van der Waals surface area contributed by atoms with E-state index in [4.69, 9.17) is 4.74 Å². The molecule has 2 aromatic carbocycles. The summed E-state index contributed by atoms with van der Waals surface area (Å²) in [4.78, 5) is 13.8. The van der Waals surface area contributed by atoms with Crippen LogP contribution in [0.2, 0.25) is 0 Å². The fourth-order valence-corrected chi connectivity index (χ4v) is 4.12. The highest BCUT2D eigenvalue weighted by Gasteiger charge is 2.23. The number of aryl methyl sites for hydroxylation is 1. The molecular weight excluding hydrogens is 364 g/mol. The topological polar surface area (TPSA) is 75.7 Å². The van der Waals surface area contributed by atoms with E-state index >= 15 is 0 Å². The number of hydrogen-bond donors (Lipinski definition) is 1. The van der Waals surface area contributed by atoms with Crippen LogP contribution in [0.5, 0.6) is 5.75 Å². The number of carbonyl (C=O) groups excluding carboxylic acids is 1. The number of anilines is 2. The van der Waals surface area contributed by atoms with Gasteiger partial charge in [-0.15, -0.1) is 0 Å². The summed E-state index contributed by atoms with van der Waals surface area (Å²) in [6, 6.07) is 11.6. The number of ether oxygens (including phenoxy) is 1. The van der Waals surface area contributed by atoms with E-state index in [1.165, 1.54) is 12.1 Å². The number of benzene rings is 2. The van der Waals surface area contributed by atoms with Crippen molar-refractivity contribution in [2.45, 2.75) is 38.0 Å². The lowest BCUT2D eigenvalue weighted by Gasteiger charge is -2.19. The Labute approximate surface area is 160 Å². The van der Waals surface area contributed by atoms with Gasteiger partial charge in [0.25, 0.3) is 10.0 Å². The SMILES string of the molecule is CCCOc1ccc(S(=O)(=O)Nc2ccc(N3CCCC3=O)c(C)c2)cc1. The fraction of sp³-hybridized carbons (Fsp3) is 0.350. The Bertz CT molecular complexity index is 923. The van der Waals surface area contributed by atoms with Crippen molar-refractivity contribution in [3.63, 3.8) is 0 Å². The Morgan fingerprint density at radius 1 is 1.15 bits per heavy atom. The molecule has 0 bridgehead atoms. The second-order valence-electron chi connectivity index (χ2n) is 6.58. The van der Waals surface area contributed by atoms with Gasteiger partial charge in [-0.25, -0.2) is 8.42 Å². The van der Waals surface area contributed by atoms with E-state index in [0.29, 0.717) is 31.0 Å². The summed E-state index contributed by atoms with van der Waals surface area (Å²) in [5.74, 6) is 0.753. The average molecular weight is 388 g/mol. The zero-order chi connectivity index (χ0) is 19.4. The van der Waals surface area contributed by atoms with Crippen molar-refractivity contribution >= 4 is 27.3 Å². The number of carbonyl (C=O) groups is 1. The van der Waals surface area contributed by atoms with Crippen molar-refractivity contribution in [2.24, 2.45) is 0 Å². The van der Waals surface area contributed by atoms with Crippen molar-refractivity contribution in [1.29, 1.82) is 0 Å². The summed E-state index contributed by atoms with van der Waals surface area (Å²) >= 11 is 0. The van der Waals surface area contributed by atoms with E-state index in [0.717, 1.165) is 24.1 Å². The van der Waals surface area contributed by atoms with Crippen LogP contribution in [-0.2, 0) is 14.8 Å². The van der Waals surface area contributed by atoms with Gasteiger partial charge < -0.3 is 9.64 Å². The number of hydrogen-bond acceptors (Lipinski definition) is 4. The van der Waals surface area contributed by atoms with Gasteiger partial charge in [-0.2, -0.15) is 0 Å². The van der Waals surface area contributed by atoms with Crippen molar-refractivity contribution in [2.75, 3.05) is 22.8 Å². The van der Waals surface area contributed by atoms with Crippen molar-refractivity contribution < 1.29 is 17.9 Å². The third-order valence-electron chi connectivity index (χ3n) is 4.42. The number of rotatable bonds is 7. The first-order valence-corrected chi connectivity index (χ1v) is 10.6. The van der Waals surface area contributed by atoms with Crippen LogP contribution in [-0.4, -0.2) is 27.5 Å². The standard InChI is InChI=1S/C20H24N2O4S/c1-3-13-26-17-7-9-18(10-8-17)27(24,25)21-16-6-11-19(15(2)14-16)22-12-4-5-20(22)23/h6-11,14,21H,3-5,12-13H2,1-2H3. The molecule has 7 heteroatoms. The molecule has 0 atom stereocenters. The Kier molecular flexibility index (Phi) is 5.70. The van der Waals surface area contributed by atoms with Crippen molar-refractivity contribution in [1.82, 2.24) is 0 Å². The third-order valence-corrected chi connectivity index (χ3v) is 5.82. The van der Waals surface area contributed by atoms with Crippen LogP contribution < -0.4 is 14.4 Å². The highest BCUT2D eigenvalue weighted by atomic mass is 32.2. The van der Waals surface area contributed by atoms with E-state index in [9.17, 15) is 13.2 Å². The molecule has 0 aromatic heterocycles. The summed E-state index contributed by atoms with van der Waals surface area (Å²) in [6.45, 7) is 5.18. The van der Waals surface area contributed by atoms with Gasteiger partial charge >= 0.3 is 0 Å². The molecule has 1 saturated heterocycles. The Balaban J connectivity index is 1.75. The first-order chi connectivity index (χ1) is 12.9. The molecule has 0 unspecified atom stereocenters. The molecule has 1 heterocycles. The van der Waals surface area contributed by atoms with E-state index in [-0.39, 0.29) is 10.8 Å². The van der Waals surface area contributed by atoms with Crippen molar-refractivity contribution in [3.8, 4) is 5.75 Å². The minimum absolute atomic E-state index is 0.108. The van der Waals surface area contributed by atoms with E-state index in [1.54, 1.807) is 35.2 Å². The minimum Gasteiger partial charge on any atom is -0.494 e. The van der Waals surface area contributed by atoms with E-state index in [1.807, 2.05) is 13.8 Å². The van der Waals surface area contributed by atoms with Crippen LogP contribution in [0.1, 0.15) is 31.7 Å². The highest BCUT2D eigenvalue weighted by molar-refractivity contribution is 7.92. The molecule has 1 aliphatic heterocycles. The minimum atomic E-state index is -3.70. The second-order valence-corrected chi connectivity index (χ2v) is 8.26. The number of sulfonamides is 1. The summed E-state index contributed by atoms with van der Waals surface area (Å²) in [7, 11) is -3.70. The zero-order valence-electron chi connectivity index (χ0n) is 15.6. The maximum absolute atomic E-state index is 12.6. The first kappa shape index (κ1) is 19.2. The van der Waals surface area contributed by atoms with Gasteiger partial charge in [-0.05, 0) is 67.8 Å². The molecule has 1 aliphatic rings. The predicted octanol–water partition coefficient (Wildman–Crippen LogP) is 3.71. The van der Waals surface area contributed by atoms with Crippen LogP contribution in [0.15, 0.2) is 47.4 Å². The molecule has 0 aliphatic carbocycles. The molecule has 144 valence electrons. The normalized spacial score (nSPS) is 14.4. The molecule has 1 fully saturated rings. The van der Waals surface area contributed by atoms with Gasteiger partial charge in [-0.1, -0.05) is 6.92 Å². The van der Waals surface area contributed by atoms with E-state index in [2.05, 4.69) is 4.72 Å². The molecule has 27 heavy (non-hydrogen) atoms. The van der Waals surface area contributed by atoms with Crippen molar-refractivity contribution in [3.05, 3.63) is 48.0 Å². The summed E-state index contributed by atoms with van der Waals surface area (Å²) in [5, 5.41) is 0. The largest absolute Gasteiger partial charge is 0.494 e. The molecular formula is C20H24N2O4S. The Morgan fingerprint density at radius 3 is 2.48 bits per heavy atom. The van der Waals surface area contributed by atoms with Gasteiger partial charge in [0.05, 0.1) is 11.5 Å². The van der Waals surface area contributed by atoms with Crippen LogP contribution in [0.3, 0.4) is 0 Å². The maximum Gasteiger partial charge on any atom is 0.261 e. The summed E-state index contributed by atoms with van der Waals surface area (Å²) in [6.07, 6.45) is 2.30. The smallest absolute Gasteiger partial charge is 0.261 e. The molecule has 1 amide bonds. The first-order valence-electron chi connectivity index (χ1n) is 9.07. The fourth-order valence-electron chi connectivity index (χ4n) is 3.07. The van der Waals surface area contributed by atoms with Gasteiger partial charge in [-0.3, -0.25) is 9.52 Å². The van der Waals surface area contributed by atoms with Gasteiger partial charge in [0.2, 0.25) is 5.91 Å². The maximum atomic E-state index is 12.6. The highest BCUT2D eigenvalue weighted by Crippen LogP contribution is 2.28. The average Bonchev–Trinajstić information content (AvgIpc) is 3.06. The lowest BCUT2D eigenvalue weighted by Crippen LogP contribution is -2.24. The Hall–Kier alpha value is -2.54.